The molecule has 0 aliphatic carbocycles. The quantitative estimate of drug-likeness (QED) is 0.762. The Kier molecular flexibility index (Phi) is 5.62. The number of hydrogen-bond acceptors (Lipinski definition) is 3. The van der Waals surface area contributed by atoms with Crippen LogP contribution in [0.15, 0.2) is 27.6 Å². The lowest BCUT2D eigenvalue weighted by atomic mass is 10.2. The summed E-state index contributed by atoms with van der Waals surface area (Å²) in [6.45, 7) is 2.62. The van der Waals surface area contributed by atoms with Crippen LogP contribution in [0.2, 0.25) is 0 Å². The number of sulfonamides is 1. The van der Waals surface area contributed by atoms with Crippen LogP contribution in [0.3, 0.4) is 0 Å². The third-order valence-corrected chi connectivity index (χ3v) is 7.35. The molecule has 2 heterocycles. The zero-order valence-corrected chi connectivity index (χ0v) is 16.1. The standard InChI is InChI=1S/C17H23BrN2O3S/c18-16-8-7-14(24(22,23)20-11-5-6-12-20)13-15(16)17(21)19-9-3-1-2-4-10-19/h7-8,13H,1-6,9-12H2. The third-order valence-electron chi connectivity index (χ3n) is 4.76. The van der Waals surface area contributed by atoms with Crippen molar-refractivity contribution in [3.05, 3.63) is 28.2 Å². The smallest absolute Gasteiger partial charge is 0.255 e. The highest BCUT2D eigenvalue weighted by Crippen LogP contribution is 2.27. The Hall–Kier alpha value is -0.920. The molecule has 0 aromatic heterocycles. The molecule has 2 aliphatic heterocycles. The number of benzene rings is 1. The average Bonchev–Trinajstić information content (AvgIpc) is 2.98. The summed E-state index contributed by atoms with van der Waals surface area (Å²) in [5, 5.41) is 0. The van der Waals surface area contributed by atoms with Crippen LogP contribution < -0.4 is 0 Å². The molecule has 0 N–H and O–H groups in total. The molecule has 1 amide bonds. The number of halogens is 1. The van der Waals surface area contributed by atoms with E-state index in [2.05, 4.69) is 15.9 Å². The highest BCUT2D eigenvalue weighted by Gasteiger charge is 2.29. The molecule has 0 spiro atoms. The van der Waals surface area contributed by atoms with Gasteiger partial charge in [-0.15, -0.1) is 0 Å². The lowest BCUT2D eigenvalue weighted by Gasteiger charge is -2.22. The van der Waals surface area contributed by atoms with Gasteiger partial charge in [-0.3, -0.25) is 4.79 Å². The highest BCUT2D eigenvalue weighted by atomic mass is 79.9. The molecular formula is C17H23BrN2O3S. The Bertz CT molecular complexity index is 707. The molecule has 2 aliphatic rings. The van der Waals surface area contributed by atoms with Gasteiger partial charge in [0, 0.05) is 30.7 Å². The zero-order chi connectivity index (χ0) is 17.2. The first-order chi connectivity index (χ1) is 11.5. The second-order valence-corrected chi connectivity index (χ2v) is 9.25. The fraction of sp³-hybridized carbons (Fsp3) is 0.588. The Morgan fingerprint density at radius 2 is 1.50 bits per heavy atom. The molecule has 0 atom stereocenters. The third kappa shape index (κ3) is 3.68. The van der Waals surface area contributed by atoms with E-state index in [0.29, 0.717) is 23.1 Å². The predicted octanol–water partition coefficient (Wildman–Crippen LogP) is 3.25. The summed E-state index contributed by atoms with van der Waals surface area (Å²) >= 11 is 3.41. The van der Waals surface area contributed by atoms with Gasteiger partial charge >= 0.3 is 0 Å². The number of carbonyl (C=O) groups is 1. The average molecular weight is 415 g/mol. The normalized spacial score (nSPS) is 20.1. The van der Waals surface area contributed by atoms with E-state index in [-0.39, 0.29) is 10.8 Å². The Labute approximate surface area is 152 Å². The van der Waals surface area contributed by atoms with Crippen LogP contribution in [0.4, 0.5) is 0 Å². The molecule has 2 saturated heterocycles. The molecule has 3 rings (SSSR count). The van der Waals surface area contributed by atoms with Crippen molar-refractivity contribution in [1.82, 2.24) is 9.21 Å². The fourth-order valence-corrected chi connectivity index (χ4v) is 5.31. The number of likely N-dealkylation sites (tertiary alicyclic amines) is 1. The molecular weight excluding hydrogens is 392 g/mol. The SMILES string of the molecule is O=C(c1cc(S(=O)(=O)N2CCCC2)ccc1Br)N1CCCCCC1. The van der Waals surface area contributed by atoms with Gasteiger partial charge in [-0.1, -0.05) is 12.8 Å². The Morgan fingerprint density at radius 3 is 2.12 bits per heavy atom. The van der Waals surface area contributed by atoms with Crippen molar-refractivity contribution in [3.8, 4) is 0 Å². The molecule has 0 bridgehead atoms. The minimum Gasteiger partial charge on any atom is -0.339 e. The number of hydrogen-bond donors (Lipinski definition) is 0. The molecule has 132 valence electrons. The monoisotopic (exact) mass is 414 g/mol. The van der Waals surface area contributed by atoms with Gasteiger partial charge in [-0.05, 0) is 59.8 Å². The molecule has 5 nitrogen and oxygen atoms in total. The first-order valence-electron chi connectivity index (χ1n) is 8.59. The molecule has 0 unspecified atom stereocenters. The molecule has 0 saturated carbocycles. The van der Waals surface area contributed by atoms with E-state index in [4.69, 9.17) is 0 Å². The van der Waals surface area contributed by atoms with E-state index in [1.165, 1.54) is 10.4 Å². The van der Waals surface area contributed by atoms with Gasteiger partial charge in [0.25, 0.3) is 5.91 Å². The topological polar surface area (TPSA) is 57.7 Å². The molecule has 1 aromatic rings. The number of rotatable bonds is 3. The van der Waals surface area contributed by atoms with Gasteiger partial charge in [-0.2, -0.15) is 4.31 Å². The summed E-state index contributed by atoms with van der Waals surface area (Å²) in [5.74, 6) is -0.0813. The van der Waals surface area contributed by atoms with Gasteiger partial charge in [0.15, 0.2) is 0 Å². The van der Waals surface area contributed by atoms with Crippen molar-refractivity contribution < 1.29 is 13.2 Å². The van der Waals surface area contributed by atoms with Gasteiger partial charge in [-0.25, -0.2) is 8.42 Å². The number of nitrogens with zero attached hydrogens (tertiary/aromatic N) is 2. The maximum atomic E-state index is 12.9. The van der Waals surface area contributed by atoms with Crippen molar-refractivity contribution >= 4 is 31.9 Å². The highest BCUT2D eigenvalue weighted by molar-refractivity contribution is 9.10. The first-order valence-corrected chi connectivity index (χ1v) is 10.8. The molecule has 7 heteroatoms. The molecule has 2 fully saturated rings. The largest absolute Gasteiger partial charge is 0.339 e. The van der Waals surface area contributed by atoms with Crippen LogP contribution in [0.5, 0.6) is 0 Å². The summed E-state index contributed by atoms with van der Waals surface area (Å²) in [6, 6.07) is 4.79. The molecule has 0 radical (unpaired) electrons. The van der Waals surface area contributed by atoms with Crippen molar-refractivity contribution in [2.75, 3.05) is 26.2 Å². The summed E-state index contributed by atoms with van der Waals surface area (Å²) in [5.41, 5.74) is 0.442. The van der Waals surface area contributed by atoms with Crippen LogP contribution in [-0.2, 0) is 10.0 Å². The van der Waals surface area contributed by atoms with Gasteiger partial charge in [0.1, 0.15) is 0 Å². The van der Waals surface area contributed by atoms with Crippen molar-refractivity contribution in [3.63, 3.8) is 0 Å². The van der Waals surface area contributed by atoms with Gasteiger partial charge in [0.2, 0.25) is 10.0 Å². The second-order valence-electron chi connectivity index (χ2n) is 6.46. The van der Waals surface area contributed by atoms with Crippen LogP contribution in [0.25, 0.3) is 0 Å². The maximum absolute atomic E-state index is 12.9. The molecule has 24 heavy (non-hydrogen) atoms. The summed E-state index contributed by atoms with van der Waals surface area (Å²) in [6.07, 6.45) is 6.11. The Balaban J connectivity index is 1.89. The lowest BCUT2D eigenvalue weighted by Crippen LogP contribution is -2.32. The number of amides is 1. The minimum absolute atomic E-state index is 0.0813. The first kappa shape index (κ1) is 17.9. The van der Waals surface area contributed by atoms with Gasteiger partial charge in [0.05, 0.1) is 10.5 Å². The lowest BCUT2D eigenvalue weighted by molar-refractivity contribution is 0.0760. The fourth-order valence-electron chi connectivity index (χ4n) is 3.35. The Morgan fingerprint density at radius 1 is 0.917 bits per heavy atom. The number of carbonyl (C=O) groups excluding carboxylic acids is 1. The second kappa shape index (κ2) is 7.54. The molecule has 1 aromatic carbocycles. The summed E-state index contributed by atoms with van der Waals surface area (Å²) in [7, 11) is -3.51. The van der Waals surface area contributed by atoms with Crippen molar-refractivity contribution in [1.29, 1.82) is 0 Å². The maximum Gasteiger partial charge on any atom is 0.255 e. The van der Waals surface area contributed by atoms with E-state index in [1.807, 2.05) is 4.90 Å². The zero-order valence-electron chi connectivity index (χ0n) is 13.7. The van der Waals surface area contributed by atoms with Gasteiger partial charge < -0.3 is 4.90 Å². The van der Waals surface area contributed by atoms with E-state index in [0.717, 1.165) is 51.6 Å². The van der Waals surface area contributed by atoms with Crippen molar-refractivity contribution in [2.45, 2.75) is 43.4 Å². The minimum atomic E-state index is -3.51. The summed E-state index contributed by atoms with van der Waals surface area (Å²) in [4.78, 5) is 14.9. The van der Waals surface area contributed by atoms with E-state index >= 15 is 0 Å². The van der Waals surface area contributed by atoms with Crippen LogP contribution in [0.1, 0.15) is 48.9 Å². The van der Waals surface area contributed by atoms with E-state index < -0.39 is 10.0 Å². The summed E-state index contributed by atoms with van der Waals surface area (Å²) < 4.78 is 27.6. The van der Waals surface area contributed by atoms with E-state index in [9.17, 15) is 13.2 Å². The van der Waals surface area contributed by atoms with Crippen LogP contribution >= 0.6 is 15.9 Å². The van der Waals surface area contributed by atoms with E-state index in [1.54, 1.807) is 12.1 Å². The van der Waals surface area contributed by atoms with Crippen LogP contribution in [0, 0.1) is 0 Å². The predicted molar refractivity (Wildman–Crippen MR) is 96.5 cm³/mol. The van der Waals surface area contributed by atoms with Crippen LogP contribution in [-0.4, -0.2) is 49.7 Å². The van der Waals surface area contributed by atoms with Crippen molar-refractivity contribution in [2.24, 2.45) is 0 Å².